The second-order valence-electron chi connectivity index (χ2n) is 1.58. The van der Waals surface area contributed by atoms with Crippen molar-refractivity contribution in [2.24, 2.45) is 0 Å². The fourth-order valence-corrected chi connectivity index (χ4v) is 0.335. The van der Waals surface area contributed by atoms with Gasteiger partial charge in [0.15, 0.2) is 0 Å². The summed E-state index contributed by atoms with van der Waals surface area (Å²) in [4.78, 5) is 0. The van der Waals surface area contributed by atoms with E-state index < -0.39 is 24.6 Å². The number of rotatable bonds is 0. The minimum Gasteiger partial charge on any atom is -0.200 e. The summed E-state index contributed by atoms with van der Waals surface area (Å²) in [5, 5.41) is 0. The molecular formula is C4H4F4. The summed E-state index contributed by atoms with van der Waals surface area (Å²) in [6.45, 7) is 0. The van der Waals surface area contributed by atoms with Gasteiger partial charge in [0.25, 0.3) is 0 Å². The Bertz CT molecular complexity index is 139. The Balaban J connectivity index is 2.82. The monoisotopic (exact) mass is 130 g/mol. The van der Waals surface area contributed by atoms with Crippen LogP contribution < -0.4 is 0 Å². The summed E-state index contributed by atoms with van der Waals surface area (Å²) in [6.07, 6.45) is -4.55. The molecule has 1 fully saturated rings. The van der Waals surface area contributed by atoms with Crippen molar-refractivity contribution in [2.45, 2.75) is 24.6 Å². The highest BCUT2D eigenvalue weighted by Gasteiger charge is 2.64. The van der Waals surface area contributed by atoms with Crippen molar-refractivity contribution in [3.63, 3.8) is 0 Å². The lowest BCUT2D eigenvalue weighted by atomic mass is 9.90. The Hall–Kier alpha value is -0.280. The van der Waals surface area contributed by atoms with Gasteiger partial charge in [-0.05, 0) is 0 Å². The minimum atomic E-state index is -4.31. The van der Waals surface area contributed by atoms with E-state index in [1.54, 1.807) is 0 Å². The van der Waals surface area contributed by atoms with Gasteiger partial charge < -0.3 is 0 Å². The van der Waals surface area contributed by atoms with E-state index in [0.717, 1.165) is 0 Å². The Morgan fingerprint density at radius 1 is 1.00 bits per heavy atom. The first-order valence-electron chi connectivity index (χ1n) is 3.07. The van der Waals surface area contributed by atoms with Gasteiger partial charge in [-0.15, -0.1) is 0 Å². The Labute approximate surface area is 46.3 Å². The second kappa shape index (κ2) is 1.17. The average molecular weight is 130 g/mol. The van der Waals surface area contributed by atoms with Gasteiger partial charge in [0.2, 0.25) is 0 Å². The molecule has 0 spiro atoms. The third-order valence-electron chi connectivity index (χ3n) is 0.946. The van der Waals surface area contributed by atoms with Crippen molar-refractivity contribution in [1.29, 1.82) is 0 Å². The fraction of sp³-hybridized carbons (Fsp3) is 1.00. The summed E-state index contributed by atoms with van der Waals surface area (Å²) in [5.41, 5.74) is 0. The topological polar surface area (TPSA) is 0 Å². The molecule has 0 amide bonds. The maximum atomic E-state index is 11.9. The molecule has 0 heterocycles. The second-order valence-corrected chi connectivity index (χ2v) is 1.58. The van der Waals surface area contributed by atoms with E-state index in [4.69, 9.17) is 2.74 Å². The highest BCUT2D eigenvalue weighted by atomic mass is 19.3. The molecule has 8 heavy (non-hydrogen) atoms. The van der Waals surface area contributed by atoms with Crippen LogP contribution in [0.2, 0.25) is 0 Å². The zero-order chi connectivity index (χ0) is 8.15. The van der Waals surface area contributed by atoms with Gasteiger partial charge in [0.1, 0.15) is 0 Å². The third-order valence-corrected chi connectivity index (χ3v) is 0.946. The molecule has 0 nitrogen and oxygen atoms in total. The van der Waals surface area contributed by atoms with E-state index in [9.17, 15) is 17.6 Å². The zero-order valence-electron chi connectivity index (χ0n) is 5.67. The van der Waals surface area contributed by atoms with Gasteiger partial charge in [0.05, 0.1) is 0 Å². The summed E-state index contributed by atoms with van der Waals surface area (Å²) < 4.78 is 60.3. The lowest BCUT2D eigenvalue weighted by Crippen LogP contribution is -2.50. The Morgan fingerprint density at radius 2 is 1.25 bits per heavy atom. The van der Waals surface area contributed by atoms with Crippen LogP contribution in [0.4, 0.5) is 17.6 Å². The van der Waals surface area contributed by atoms with Gasteiger partial charge >= 0.3 is 11.8 Å². The van der Waals surface area contributed by atoms with Crippen LogP contribution in [0.3, 0.4) is 0 Å². The molecule has 0 radical (unpaired) electrons. The van der Waals surface area contributed by atoms with Crippen molar-refractivity contribution in [1.82, 2.24) is 0 Å². The van der Waals surface area contributed by atoms with Gasteiger partial charge in [0, 0.05) is 15.5 Å². The van der Waals surface area contributed by atoms with E-state index in [1.807, 2.05) is 0 Å². The predicted octanol–water partition coefficient (Wildman–Crippen LogP) is 2.05. The molecule has 0 aromatic rings. The lowest BCUT2D eigenvalue weighted by molar-refractivity contribution is -0.275. The lowest BCUT2D eigenvalue weighted by Gasteiger charge is -2.35. The molecule has 0 aromatic heterocycles. The highest BCUT2D eigenvalue weighted by molar-refractivity contribution is 4.95. The standard InChI is InChI=1S/C4H4F4/c5-3(6)1-2-4(3,7)8/h1-2H2/i1D,2D/t1-,2+. The number of halogens is 4. The molecule has 0 unspecified atom stereocenters. The summed E-state index contributed by atoms with van der Waals surface area (Å²) in [5.74, 6) is -8.61. The molecule has 1 aliphatic rings. The molecule has 0 aliphatic heterocycles. The largest absolute Gasteiger partial charge is 0.310 e. The molecule has 1 aliphatic carbocycles. The molecule has 2 atom stereocenters. The molecule has 1 saturated carbocycles. The quantitative estimate of drug-likeness (QED) is 0.440. The molecule has 0 aromatic carbocycles. The normalized spacial score (nSPS) is 53.5. The molecular weight excluding hydrogens is 124 g/mol. The smallest absolute Gasteiger partial charge is 0.200 e. The van der Waals surface area contributed by atoms with Crippen LogP contribution in [-0.4, -0.2) is 11.8 Å². The maximum absolute atomic E-state index is 11.9. The Kier molecular flexibility index (Phi) is 0.539. The first kappa shape index (κ1) is 3.69. The molecule has 48 valence electrons. The van der Waals surface area contributed by atoms with Crippen LogP contribution in [0, 0.1) is 0 Å². The minimum absolute atomic E-state index is 2.28. The van der Waals surface area contributed by atoms with Crippen LogP contribution in [0.25, 0.3) is 0 Å². The third kappa shape index (κ3) is 0.516. The van der Waals surface area contributed by atoms with Crippen LogP contribution >= 0.6 is 0 Å². The number of hydrogen-bond acceptors (Lipinski definition) is 0. The average Bonchev–Trinajstić information content (AvgIpc) is 1.84. The van der Waals surface area contributed by atoms with E-state index in [0.29, 0.717) is 0 Å². The number of alkyl halides is 4. The molecule has 0 bridgehead atoms. The predicted molar refractivity (Wildman–Crippen MR) is 19.1 cm³/mol. The van der Waals surface area contributed by atoms with Crippen molar-refractivity contribution in [3.05, 3.63) is 0 Å². The van der Waals surface area contributed by atoms with Gasteiger partial charge in [-0.1, -0.05) is 0 Å². The zero-order valence-corrected chi connectivity index (χ0v) is 3.67. The van der Waals surface area contributed by atoms with Gasteiger partial charge in [-0.2, -0.15) is 17.6 Å². The summed E-state index contributed by atoms with van der Waals surface area (Å²) >= 11 is 0. The van der Waals surface area contributed by atoms with Gasteiger partial charge in [-0.25, -0.2) is 0 Å². The van der Waals surface area contributed by atoms with Crippen molar-refractivity contribution in [2.75, 3.05) is 0 Å². The van der Waals surface area contributed by atoms with E-state index in [-0.39, 0.29) is 0 Å². The van der Waals surface area contributed by atoms with Crippen molar-refractivity contribution < 1.29 is 20.3 Å². The summed E-state index contributed by atoms with van der Waals surface area (Å²) in [7, 11) is 0. The first-order valence-corrected chi connectivity index (χ1v) is 1.92. The fourth-order valence-electron chi connectivity index (χ4n) is 0.335. The van der Waals surface area contributed by atoms with E-state index >= 15 is 0 Å². The maximum Gasteiger partial charge on any atom is 0.310 e. The van der Waals surface area contributed by atoms with Gasteiger partial charge in [-0.3, -0.25) is 0 Å². The van der Waals surface area contributed by atoms with Crippen LogP contribution in [0.15, 0.2) is 0 Å². The summed E-state index contributed by atoms with van der Waals surface area (Å²) in [6, 6.07) is 0. The van der Waals surface area contributed by atoms with E-state index in [1.165, 1.54) is 0 Å². The first-order chi connectivity index (χ1) is 4.32. The van der Waals surface area contributed by atoms with Crippen molar-refractivity contribution in [3.8, 4) is 0 Å². The number of hydrogen-bond donors (Lipinski definition) is 0. The Morgan fingerprint density at radius 3 is 1.38 bits per heavy atom. The van der Waals surface area contributed by atoms with Crippen LogP contribution in [0.1, 0.15) is 15.5 Å². The van der Waals surface area contributed by atoms with Crippen LogP contribution in [-0.2, 0) is 0 Å². The molecule has 0 N–H and O–H groups in total. The highest BCUT2D eigenvalue weighted by Crippen LogP contribution is 2.50. The SMILES string of the molecule is [2H][C@@H]1[C@H]([2H])C(F)(F)C1(F)F. The van der Waals surface area contributed by atoms with Crippen LogP contribution in [0.5, 0.6) is 0 Å². The molecule has 4 heteroatoms. The van der Waals surface area contributed by atoms with Crippen molar-refractivity contribution >= 4 is 0 Å². The van der Waals surface area contributed by atoms with E-state index in [2.05, 4.69) is 0 Å². The molecule has 0 saturated heterocycles. The molecule has 1 rings (SSSR count).